The van der Waals surface area contributed by atoms with Gasteiger partial charge in [0.1, 0.15) is 8.07 Å². The maximum atomic E-state index is 3.57. The van der Waals surface area contributed by atoms with Crippen LogP contribution in [0.5, 0.6) is 0 Å². The third kappa shape index (κ3) is 7.90. The van der Waals surface area contributed by atoms with Crippen LogP contribution >= 0.6 is 0 Å². The van der Waals surface area contributed by atoms with Crippen LogP contribution in [0.25, 0.3) is 0 Å². The summed E-state index contributed by atoms with van der Waals surface area (Å²) in [5, 5.41) is 0. The lowest BCUT2D eigenvalue weighted by Crippen LogP contribution is -2.22. The zero-order chi connectivity index (χ0) is 14.0. The molecule has 0 bridgehead atoms. The van der Waals surface area contributed by atoms with Crippen LogP contribution in [0, 0.1) is 11.5 Å². The SMILES string of the molecule is CCCCCCCC[Si](C)(C)C#Cc1ccccc1. The molecule has 19 heavy (non-hydrogen) atoms. The minimum absolute atomic E-state index is 1.16. The van der Waals surface area contributed by atoms with Gasteiger partial charge in [0, 0.05) is 5.56 Å². The molecular formula is C18H28Si. The summed E-state index contributed by atoms with van der Waals surface area (Å²) < 4.78 is 0. The van der Waals surface area contributed by atoms with Crippen molar-refractivity contribution in [2.24, 2.45) is 0 Å². The van der Waals surface area contributed by atoms with E-state index in [1.807, 2.05) is 6.07 Å². The van der Waals surface area contributed by atoms with Gasteiger partial charge in [-0.15, -0.1) is 5.54 Å². The molecule has 1 aromatic rings. The molecule has 0 atom stereocenters. The number of unbranched alkanes of at least 4 members (excludes halogenated alkanes) is 5. The minimum Gasteiger partial charge on any atom is -0.126 e. The van der Waals surface area contributed by atoms with Crippen molar-refractivity contribution in [3.8, 4) is 11.5 Å². The van der Waals surface area contributed by atoms with Crippen LogP contribution in [0.4, 0.5) is 0 Å². The Bertz CT molecular complexity index is 395. The lowest BCUT2D eigenvalue weighted by atomic mass is 10.1. The molecule has 0 saturated carbocycles. The molecule has 1 heteroatoms. The summed E-state index contributed by atoms with van der Waals surface area (Å²) in [7, 11) is -1.32. The number of rotatable bonds is 7. The predicted octanol–water partition coefficient (Wildman–Crippen LogP) is 5.65. The number of hydrogen-bond donors (Lipinski definition) is 0. The van der Waals surface area contributed by atoms with E-state index >= 15 is 0 Å². The van der Waals surface area contributed by atoms with E-state index < -0.39 is 8.07 Å². The Hall–Kier alpha value is -1.00. The van der Waals surface area contributed by atoms with Crippen LogP contribution in [-0.2, 0) is 0 Å². The van der Waals surface area contributed by atoms with E-state index in [9.17, 15) is 0 Å². The van der Waals surface area contributed by atoms with E-state index in [2.05, 4.69) is 55.7 Å². The van der Waals surface area contributed by atoms with Crippen LogP contribution in [0.3, 0.4) is 0 Å². The predicted molar refractivity (Wildman–Crippen MR) is 89.0 cm³/mol. The zero-order valence-electron chi connectivity index (χ0n) is 12.8. The van der Waals surface area contributed by atoms with Crippen LogP contribution in [-0.4, -0.2) is 8.07 Å². The molecule has 0 aromatic heterocycles. The van der Waals surface area contributed by atoms with Crippen molar-refractivity contribution in [3.05, 3.63) is 35.9 Å². The van der Waals surface area contributed by atoms with E-state index in [0.717, 1.165) is 5.56 Å². The molecule has 0 N–H and O–H groups in total. The van der Waals surface area contributed by atoms with Crippen LogP contribution in [0.2, 0.25) is 19.1 Å². The Morgan fingerprint density at radius 3 is 2.21 bits per heavy atom. The third-order valence-electron chi connectivity index (χ3n) is 3.47. The normalized spacial score (nSPS) is 10.9. The van der Waals surface area contributed by atoms with Gasteiger partial charge in [0.25, 0.3) is 0 Å². The van der Waals surface area contributed by atoms with Gasteiger partial charge in [-0.2, -0.15) is 0 Å². The van der Waals surface area contributed by atoms with Crippen LogP contribution in [0.15, 0.2) is 30.3 Å². The fourth-order valence-corrected chi connectivity index (χ4v) is 3.91. The van der Waals surface area contributed by atoms with Crippen molar-refractivity contribution in [3.63, 3.8) is 0 Å². The molecule has 1 aromatic carbocycles. The van der Waals surface area contributed by atoms with Gasteiger partial charge in [0.05, 0.1) is 0 Å². The smallest absolute Gasteiger partial charge is 0.126 e. The minimum atomic E-state index is -1.32. The highest BCUT2D eigenvalue weighted by Gasteiger charge is 2.16. The highest BCUT2D eigenvalue weighted by atomic mass is 28.3. The monoisotopic (exact) mass is 272 g/mol. The summed E-state index contributed by atoms with van der Waals surface area (Å²) >= 11 is 0. The van der Waals surface area contributed by atoms with Gasteiger partial charge in [0.15, 0.2) is 0 Å². The Balaban J connectivity index is 2.30. The van der Waals surface area contributed by atoms with Gasteiger partial charge < -0.3 is 0 Å². The first-order chi connectivity index (χ1) is 9.14. The lowest BCUT2D eigenvalue weighted by molar-refractivity contribution is 0.623. The molecule has 104 valence electrons. The third-order valence-corrected chi connectivity index (χ3v) is 5.88. The molecule has 0 nitrogen and oxygen atoms in total. The Morgan fingerprint density at radius 1 is 0.895 bits per heavy atom. The molecule has 0 radical (unpaired) electrons. The highest BCUT2D eigenvalue weighted by molar-refractivity contribution is 6.85. The standard InChI is InChI=1S/C18H28Si/c1-4-5-6-7-8-12-16-19(2,3)17-15-18-13-10-9-11-14-18/h9-11,13-14H,4-8,12,16H2,1-3H3. The number of benzene rings is 1. The molecule has 1 rings (SSSR count). The topological polar surface area (TPSA) is 0 Å². The van der Waals surface area contributed by atoms with Gasteiger partial charge in [-0.05, 0) is 18.2 Å². The van der Waals surface area contributed by atoms with E-state index in [1.165, 1.54) is 44.6 Å². The quantitative estimate of drug-likeness (QED) is 0.342. The molecule has 0 aliphatic carbocycles. The molecule has 0 fully saturated rings. The molecule has 0 spiro atoms. The fourth-order valence-electron chi connectivity index (χ4n) is 2.17. The van der Waals surface area contributed by atoms with Gasteiger partial charge in [-0.1, -0.05) is 82.7 Å². The molecule has 0 heterocycles. The maximum absolute atomic E-state index is 3.57. The summed E-state index contributed by atoms with van der Waals surface area (Å²) in [4.78, 5) is 0. The summed E-state index contributed by atoms with van der Waals surface area (Å²) in [5.41, 5.74) is 4.72. The first kappa shape index (κ1) is 16.1. The van der Waals surface area contributed by atoms with Gasteiger partial charge in [-0.3, -0.25) is 0 Å². The first-order valence-electron chi connectivity index (χ1n) is 7.72. The summed E-state index contributed by atoms with van der Waals surface area (Å²) in [5.74, 6) is 3.36. The van der Waals surface area contributed by atoms with Gasteiger partial charge >= 0.3 is 0 Å². The number of hydrogen-bond acceptors (Lipinski definition) is 0. The highest BCUT2D eigenvalue weighted by Crippen LogP contribution is 2.15. The zero-order valence-corrected chi connectivity index (χ0v) is 13.8. The molecular weight excluding hydrogens is 244 g/mol. The largest absolute Gasteiger partial charge is 0.132 e. The molecule has 0 aliphatic rings. The van der Waals surface area contributed by atoms with Crippen LogP contribution < -0.4 is 0 Å². The Kier molecular flexibility index (Phi) is 7.59. The lowest BCUT2D eigenvalue weighted by Gasteiger charge is -2.14. The van der Waals surface area contributed by atoms with Crippen molar-refractivity contribution in [1.82, 2.24) is 0 Å². The average Bonchev–Trinajstić information content (AvgIpc) is 2.42. The van der Waals surface area contributed by atoms with E-state index in [1.54, 1.807) is 0 Å². The second-order valence-electron chi connectivity index (χ2n) is 6.02. The first-order valence-corrected chi connectivity index (χ1v) is 10.9. The van der Waals surface area contributed by atoms with Crippen LogP contribution in [0.1, 0.15) is 51.0 Å². The fraction of sp³-hybridized carbons (Fsp3) is 0.556. The van der Waals surface area contributed by atoms with Crippen molar-refractivity contribution < 1.29 is 0 Å². The average molecular weight is 273 g/mol. The van der Waals surface area contributed by atoms with E-state index in [4.69, 9.17) is 0 Å². The second kappa shape index (κ2) is 8.99. The van der Waals surface area contributed by atoms with E-state index in [-0.39, 0.29) is 0 Å². The molecule has 0 unspecified atom stereocenters. The summed E-state index contributed by atoms with van der Waals surface area (Å²) in [6, 6.07) is 11.7. The Morgan fingerprint density at radius 2 is 1.53 bits per heavy atom. The summed E-state index contributed by atoms with van der Waals surface area (Å²) in [6.07, 6.45) is 8.31. The Labute approximate surface area is 120 Å². The molecule has 0 saturated heterocycles. The molecule has 0 aliphatic heterocycles. The van der Waals surface area contributed by atoms with Crippen molar-refractivity contribution in [1.29, 1.82) is 0 Å². The maximum Gasteiger partial charge on any atom is 0.132 e. The van der Waals surface area contributed by atoms with Gasteiger partial charge in [-0.25, -0.2) is 0 Å². The van der Waals surface area contributed by atoms with Crippen molar-refractivity contribution in [2.75, 3.05) is 0 Å². The summed E-state index contributed by atoms with van der Waals surface area (Å²) in [6.45, 7) is 7.07. The van der Waals surface area contributed by atoms with Gasteiger partial charge in [0.2, 0.25) is 0 Å². The van der Waals surface area contributed by atoms with Crippen molar-refractivity contribution >= 4 is 8.07 Å². The second-order valence-corrected chi connectivity index (χ2v) is 10.5. The molecule has 0 amide bonds. The van der Waals surface area contributed by atoms with E-state index in [0.29, 0.717) is 0 Å². The van der Waals surface area contributed by atoms with Crippen molar-refractivity contribution in [2.45, 2.75) is 64.6 Å².